The minimum atomic E-state index is -0.522. The Kier molecular flexibility index (Phi) is 6.77. The van der Waals surface area contributed by atoms with Gasteiger partial charge in [0.25, 0.3) is 0 Å². The van der Waals surface area contributed by atoms with Gasteiger partial charge in [0, 0.05) is 26.7 Å². The maximum absolute atomic E-state index is 2.50. The lowest BCUT2D eigenvalue weighted by atomic mass is 9.59. The van der Waals surface area contributed by atoms with E-state index in [0.29, 0.717) is 0 Å². The number of para-hydroxylation sites is 1. The first kappa shape index (κ1) is 30.3. The molecule has 0 radical (unpaired) electrons. The summed E-state index contributed by atoms with van der Waals surface area (Å²) < 4.78 is 0. The molecule has 9 aromatic rings. The Morgan fingerprint density at radius 2 is 1.04 bits per heavy atom. The zero-order valence-corrected chi connectivity index (χ0v) is 29.7. The van der Waals surface area contributed by atoms with Crippen molar-refractivity contribution >= 4 is 50.4 Å². The fourth-order valence-electron chi connectivity index (χ4n) is 9.18. The quantitative estimate of drug-likeness (QED) is 0.181. The van der Waals surface area contributed by atoms with E-state index in [4.69, 9.17) is 0 Å². The van der Waals surface area contributed by atoms with Gasteiger partial charge in [-0.15, -0.1) is 0 Å². The second-order valence-corrected chi connectivity index (χ2v) is 15.1. The summed E-state index contributed by atoms with van der Waals surface area (Å²) in [5, 5.41) is 5.08. The van der Waals surface area contributed by atoms with Crippen LogP contribution >= 0.6 is 11.8 Å². The van der Waals surface area contributed by atoms with Gasteiger partial charge < -0.3 is 4.90 Å². The molecular formula is C51H33NS. The molecule has 1 aliphatic carbocycles. The third-order valence-corrected chi connectivity index (χ3v) is 12.4. The molecule has 1 unspecified atom stereocenters. The molecule has 1 heterocycles. The van der Waals surface area contributed by atoms with Crippen molar-refractivity contribution in [3.05, 3.63) is 222 Å². The Morgan fingerprint density at radius 3 is 1.91 bits per heavy atom. The smallest absolute Gasteiger partial charge is 0.0736 e. The summed E-state index contributed by atoms with van der Waals surface area (Å²) in [4.78, 5) is 5.06. The van der Waals surface area contributed by atoms with E-state index < -0.39 is 5.41 Å². The van der Waals surface area contributed by atoms with Gasteiger partial charge in [-0.05, 0) is 103 Å². The van der Waals surface area contributed by atoms with E-state index >= 15 is 0 Å². The van der Waals surface area contributed by atoms with E-state index in [1.807, 2.05) is 11.8 Å². The van der Waals surface area contributed by atoms with Crippen molar-refractivity contribution in [3.63, 3.8) is 0 Å². The summed E-state index contributed by atoms with van der Waals surface area (Å²) in [6, 6.07) is 74.1. The maximum atomic E-state index is 2.50. The number of hydrogen-bond acceptors (Lipinski definition) is 2. The minimum absolute atomic E-state index is 0.522. The third-order valence-electron chi connectivity index (χ3n) is 11.3. The molecule has 1 nitrogen and oxygen atoms in total. The Bertz CT molecular complexity index is 2870. The lowest BCUT2D eigenvalue weighted by Gasteiger charge is -2.46. The number of fused-ring (bicyclic) bond motifs is 9. The lowest BCUT2D eigenvalue weighted by molar-refractivity contribution is 0.707. The molecule has 0 saturated carbocycles. The van der Waals surface area contributed by atoms with Gasteiger partial charge in [-0.25, -0.2) is 0 Å². The van der Waals surface area contributed by atoms with E-state index in [-0.39, 0.29) is 0 Å². The first-order valence-corrected chi connectivity index (χ1v) is 19.1. The van der Waals surface area contributed by atoms with Crippen LogP contribution in [0.25, 0.3) is 43.8 Å². The van der Waals surface area contributed by atoms with Crippen LogP contribution in [0.1, 0.15) is 22.3 Å². The number of anilines is 3. The normalized spacial score (nSPS) is 15.2. The Morgan fingerprint density at radius 1 is 0.396 bits per heavy atom. The van der Waals surface area contributed by atoms with Crippen LogP contribution in [0.3, 0.4) is 0 Å². The zero-order valence-electron chi connectivity index (χ0n) is 28.9. The molecule has 11 rings (SSSR count). The molecule has 0 N–H and O–H groups in total. The van der Waals surface area contributed by atoms with E-state index in [1.54, 1.807) is 0 Å². The van der Waals surface area contributed by atoms with Crippen LogP contribution in [0.5, 0.6) is 0 Å². The largest absolute Gasteiger partial charge is 0.310 e. The molecule has 0 amide bonds. The van der Waals surface area contributed by atoms with Crippen molar-refractivity contribution in [1.29, 1.82) is 0 Å². The van der Waals surface area contributed by atoms with E-state index in [1.165, 1.54) is 75.8 Å². The molecule has 1 spiro atoms. The molecule has 2 heteroatoms. The summed E-state index contributed by atoms with van der Waals surface area (Å²) in [7, 11) is 0. The zero-order chi connectivity index (χ0) is 34.9. The van der Waals surface area contributed by atoms with Crippen molar-refractivity contribution < 1.29 is 0 Å². The topological polar surface area (TPSA) is 3.24 Å². The highest BCUT2D eigenvalue weighted by atomic mass is 32.2. The predicted molar refractivity (Wildman–Crippen MR) is 223 cm³/mol. The molecule has 2 aliphatic rings. The molecule has 9 aromatic carbocycles. The summed E-state index contributed by atoms with van der Waals surface area (Å²) >= 11 is 1.89. The van der Waals surface area contributed by atoms with Gasteiger partial charge >= 0.3 is 0 Å². The van der Waals surface area contributed by atoms with Crippen LogP contribution in [-0.2, 0) is 5.41 Å². The molecule has 53 heavy (non-hydrogen) atoms. The Labute approximate surface area is 313 Å². The number of rotatable bonds is 4. The standard InChI is InChI=1S/C51H33NS/c1-3-16-36(17-4-1)50-39-22-8-7-15-34(39)29-31-46(50)52(37-20-5-2-6-21-37)38-30-32-48-45(33-38)51(43-26-11-12-28-47(43)53-48)42-25-10-9-23-40(42)41-24-13-18-35-19-14-27-44(51)49(35)41/h1-33H. The van der Waals surface area contributed by atoms with Crippen molar-refractivity contribution in [2.24, 2.45) is 0 Å². The summed E-state index contributed by atoms with van der Waals surface area (Å²) in [5.74, 6) is 0. The highest BCUT2D eigenvalue weighted by Gasteiger charge is 2.48. The average Bonchev–Trinajstić information content (AvgIpc) is 3.23. The Balaban J connectivity index is 1.25. The second-order valence-electron chi connectivity index (χ2n) is 14.0. The summed E-state index contributed by atoms with van der Waals surface area (Å²) in [5.41, 5.74) is 13.2. The minimum Gasteiger partial charge on any atom is -0.310 e. The number of benzene rings is 9. The van der Waals surface area contributed by atoms with Crippen LogP contribution in [0.4, 0.5) is 17.1 Å². The lowest BCUT2D eigenvalue weighted by Crippen LogP contribution is -2.36. The number of nitrogens with zero attached hydrogens (tertiary/aromatic N) is 1. The fourth-order valence-corrected chi connectivity index (χ4v) is 10.3. The highest BCUT2D eigenvalue weighted by molar-refractivity contribution is 7.99. The molecule has 0 fully saturated rings. The van der Waals surface area contributed by atoms with Crippen LogP contribution in [-0.4, -0.2) is 0 Å². The van der Waals surface area contributed by atoms with E-state index in [2.05, 4.69) is 205 Å². The van der Waals surface area contributed by atoms with E-state index in [9.17, 15) is 0 Å². The maximum Gasteiger partial charge on any atom is 0.0736 e. The monoisotopic (exact) mass is 691 g/mol. The van der Waals surface area contributed by atoms with Gasteiger partial charge in [0.1, 0.15) is 0 Å². The van der Waals surface area contributed by atoms with Crippen LogP contribution in [0, 0.1) is 0 Å². The van der Waals surface area contributed by atoms with Gasteiger partial charge in [0.05, 0.1) is 11.1 Å². The van der Waals surface area contributed by atoms with Crippen molar-refractivity contribution in [1.82, 2.24) is 0 Å². The molecule has 1 aliphatic heterocycles. The van der Waals surface area contributed by atoms with Crippen LogP contribution in [0.15, 0.2) is 210 Å². The average molecular weight is 692 g/mol. The number of hydrogen-bond donors (Lipinski definition) is 0. The first-order chi connectivity index (χ1) is 26.3. The first-order valence-electron chi connectivity index (χ1n) is 18.3. The fraction of sp³-hybridized carbons (Fsp3) is 0.0196. The molecule has 248 valence electrons. The van der Waals surface area contributed by atoms with Crippen LogP contribution < -0.4 is 4.90 Å². The van der Waals surface area contributed by atoms with Crippen molar-refractivity contribution in [2.45, 2.75) is 15.2 Å². The van der Waals surface area contributed by atoms with Gasteiger partial charge in [0.2, 0.25) is 0 Å². The second kappa shape index (κ2) is 11.8. The van der Waals surface area contributed by atoms with Crippen molar-refractivity contribution in [2.75, 3.05) is 4.90 Å². The van der Waals surface area contributed by atoms with Gasteiger partial charge in [-0.1, -0.05) is 169 Å². The third kappa shape index (κ3) is 4.40. The molecule has 0 saturated heterocycles. The van der Waals surface area contributed by atoms with Gasteiger partial charge in [-0.3, -0.25) is 0 Å². The molecule has 0 aromatic heterocycles. The Hall–Kier alpha value is -6.35. The summed E-state index contributed by atoms with van der Waals surface area (Å²) in [6.45, 7) is 0. The van der Waals surface area contributed by atoms with Gasteiger partial charge in [0.15, 0.2) is 0 Å². The van der Waals surface area contributed by atoms with Crippen molar-refractivity contribution in [3.8, 4) is 22.3 Å². The highest BCUT2D eigenvalue weighted by Crippen LogP contribution is 2.62. The summed E-state index contributed by atoms with van der Waals surface area (Å²) in [6.07, 6.45) is 0. The van der Waals surface area contributed by atoms with E-state index in [0.717, 1.165) is 17.1 Å². The molecule has 1 atom stereocenters. The molecule has 0 bridgehead atoms. The van der Waals surface area contributed by atoms with Gasteiger partial charge in [-0.2, -0.15) is 0 Å². The van der Waals surface area contributed by atoms with Crippen LogP contribution in [0.2, 0.25) is 0 Å². The molecular weight excluding hydrogens is 659 g/mol. The SMILES string of the molecule is c1ccc(-c2c(N(c3ccccc3)c3ccc4c(c3)C3(c5ccccc5S4)c4ccccc4-c4cccc5cccc3c45)ccc3ccccc23)cc1. The predicted octanol–water partition coefficient (Wildman–Crippen LogP) is 14.0.